The summed E-state index contributed by atoms with van der Waals surface area (Å²) in [5, 5.41) is 3.07. The van der Waals surface area contributed by atoms with Crippen LogP contribution < -0.4 is 5.32 Å². The molecule has 0 amide bonds. The van der Waals surface area contributed by atoms with Gasteiger partial charge in [-0.25, -0.2) is 0 Å². The second-order valence-electron chi connectivity index (χ2n) is 3.22. The molecule has 76 valence electrons. The molecular weight excluding hydrogens is 162 g/mol. The molecule has 0 radical (unpaired) electrons. The molecule has 0 aromatic carbocycles. The van der Waals surface area contributed by atoms with E-state index in [1.54, 1.807) is 6.20 Å². The summed E-state index contributed by atoms with van der Waals surface area (Å²) in [5.41, 5.74) is 0. The molecule has 0 aliphatic carbocycles. The summed E-state index contributed by atoms with van der Waals surface area (Å²) in [5.74, 6) is 0. The first kappa shape index (κ1) is 12.2. The number of carbonyl (C=O) groups excluding carboxylic acids is 1. The van der Waals surface area contributed by atoms with E-state index < -0.39 is 0 Å². The minimum atomic E-state index is 0.786. The molecular formula is C11H21NO. The zero-order chi connectivity index (χ0) is 9.78. The fourth-order valence-corrected chi connectivity index (χ4v) is 1.20. The highest BCUT2D eigenvalue weighted by Gasteiger charge is 1.87. The molecule has 0 aromatic heterocycles. The number of allylic oxidation sites excluding steroid dienone is 1. The van der Waals surface area contributed by atoms with Gasteiger partial charge in [0.2, 0.25) is 0 Å². The first-order chi connectivity index (χ1) is 6.41. The average Bonchev–Trinajstić information content (AvgIpc) is 2.16. The molecule has 0 aliphatic heterocycles. The molecule has 0 aliphatic rings. The molecule has 0 aromatic rings. The van der Waals surface area contributed by atoms with Crippen molar-refractivity contribution in [2.24, 2.45) is 0 Å². The molecule has 2 nitrogen and oxygen atoms in total. The van der Waals surface area contributed by atoms with Gasteiger partial charge in [-0.2, -0.15) is 0 Å². The lowest BCUT2D eigenvalue weighted by atomic mass is 10.1. The van der Waals surface area contributed by atoms with Crippen molar-refractivity contribution in [3.05, 3.63) is 12.3 Å². The highest BCUT2D eigenvalue weighted by molar-refractivity contribution is 5.64. The van der Waals surface area contributed by atoms with Crippen molar-refractivity contribution in [2.45, 2.75) is 45.4 Å². The zero-order valence-electron chi connectivity index (χ0n) is 8.59. The van der Waals surface area contributed by atoms with E-state index in [2.05, 4.69) is 12.2 Å². The maximum Gasteiger partial charge on any atom is 0.144 e. The molecule has 13 heavy (non-hydrogen) atoms. The number of hydrogen-bond donors (Lipinski definition) is 1. The van der Waals surface area contributed by atoms with Gasteiger partial charge < -0.3 is 5.32 Å². The standard InChI is InChI=1S/C11H21NO/c1-2-3-4-5-6-7-9-12-10-8-11-13/h8,10-12H,2-7,9H2,1H3. The van der Waals surface area contributed by atoms with Gasteiger partial charge in [0, 0.05) is 6.54 Å². The van der Waals surface area contributed by atoms with E-state index >= 15 is 0 Å². The first-order valence-corrected chi connectivity index (χ1v) is 5.25. The quantitative estimate of drug-likeness (QED) is 0.338. The number of unbranched alkanes of at least 4 members (excludes halogenated alkanes) is 5. The van der Waals surface area contributed by atoms with E-state index in [9.17, 15) is 4.79 Å². The van der Waals surface area contributed by atoms with Gasteiger partial charge in [-0.15, -0.1) is 0 Å². The molecule has 0 fully saturated rings. The van der Waals surface area contributed by atoms with Crippen molar-refractivity contribution in [1.29, 1.82) is 0 Å². The Hall–Kier alpha value is -0.790. The molecule has 0 bridgehead atoms. The summed E-state index contributed by atoms with van der Waals surface area (Å²) < 4.78 is 0. The predicted octanol–water partition coefficient (Wildman–Crippen LogP) is 2.65. The van der Waals surface area contributed by atoms with Crippen LogP contribution in [0.3, 0.4) is 0 Å². The molecule has 0 atom stereocenters. The zero-order valence-corrected chi connectivity index (χ0v) is 8.59. The second-order valence-corrected chi connectivity index (χ2v) is 3.22. The molecule has 0 saturated heterocycles. The molecule has 0 heterocycles. The van der Waals surface area contributed by atoms with E-state index in [0.29, 0.717) is 0 Å². The maximum absolute atomic E-state index is 9.89. The van der Waals surface area contributed by atoms with Gasteiger partial charge in [0.1, 0.15) is 6.29 Å². The Morgan fingerprint density at radius 3 is 2.46 bits per heavy atom. The number of hydrogen-bond acceptors (Lipinski definition) is 2. The van der Waals surface area contributed by atoms with Crippen LogP contribution in [0.5, 0.6) is 0 Å². The van der Waals surface area contributed by atoms with Crippen LogP contribution >= 0.6 is 0 Å². The lowest BCUT2D eigenvalue weighted by Gasteiger charge is -2.00. The van der Waals surface area contributed by atoms with Crippen LogP contribution in [0.4, 0.5) is 0 Å². The third-order valence-corrected chi connectivity index (χ3v) is 1.97. The molecule has 0 unspecified atom stereocenters. The SMILES string of the molecule is CCCCCCCCNC=CC=O. The van der Waals surface area contributed by atoms with Crippen molar-refractivity contribution >= 4 is 6.29 Å². The summed E-state index contributed by atoms with van der Waals surface area (Å²) in [6.45, 7) is 3.21. The van der Waals surface area contributed by atoms with Crippen LogP contribution in [-0.2, 0) is 4.79 Å². The third-order valence-electron chi connectivity index (χ3n) is 1.97. The molecule has 0 rings (SSSR count). The van der Waals surface area contributed by atoms with Crippen LogP contribution in [0.15, 0.2) is 12.3 Å². The van der Waals surface area contributed by atoms with E-state index in [1.165, 1.54) is 44.6 Å². The fraction of sp³-hybridized carbons (Fsp3) is 0.727. The van der Waals surface area contributed by atoms with Crippen molar-refractivity contribution in [3.63, 3.8) is 0 Å². The summed E-state index contributed by atoms with van der Waals surface area (Å²) in [7, 11) is 0. The third kappa shape index (κ3) is 11.2. The van der Waals surface area contributed by atoms with E-state index in [0.717, 1.165) is 12.8 Å². The number of carbonyl (C=O) groups is 1. The Kier molecular flexibility index (Phi) is 10.5. The first-order valence-electron chi connectivity index (χ1n) is 5.25. The van der Waals surface area contributed by atoms with Crippen LogP contribution in [0.1, 0.15) is 45.4 Å². The van der Waals surface area contributed by atoms with Crippen LogP contribution in [0.2, 0.25) is 0 Å². The molecule has 1 N–H and O–H groups in total. The minimum Gasteiger partial charge on any atom is -0.391 e. The van der Waals surface area contributed by atoms with Gasteiger partial charge in [-0.1, -0.05) is 39.0 Å². The van der Waals surface area contributed by atoms with Gasteiger partial charge in [0.05, 0.1) is 0 Å². The maximum atomic E-state index is 9.89. The van der Waals surface area contributed by atoms with Crippen molar-refractivity contribution in [1.82, 2.24) is 5.32 Å². The average molecular weight is 183 g/mol. The summed E-state index contributed by atoms with van der Waals surface area (Å²) >= 11 is 0. The Labute approximate surface area is 81.4 Å². The van der Waals surface area contributed by atoms with E-state index in [-0.39, 0.29) is 0 Å². The van der Waals surface area contributed by atoms with Gasteiger partial charge in [-0.3, -0.25) is 4.79 Å². The Balaban J connectivity index is 2.91. The van der Waals surface area contributed by atoms with Crippen LogP contribution in [0.25, 0.3) is 0 Å². The lowest BCUT2D eigenvalue weighted by molar-refractivity contribution is -0.104. The number of nitrogens with one attached hydrogen (secondary N) is 1. The molecule has 0 spiro atoms. The van der Waals surface area contributed by atoms with Crippen LogP contribution in [-0.4, -0.2) is 12.8 Å². The normalized spacial score (nSPS) is 10.5. The predicted molar refractivity (Wildman–Crippen MR) is 56.6 cm³/mol. The number of rotatable bonds is 9. The largest absolute Gasteiger partial charge is 0.391 e. The summed E-state index contributed by atoms with van der Waals surface area (Å²) in [4.78, 5) is 9.89. The molecule has 0 saturated carbocycles. The van der Waals surface area contributed by atoms with Gasteiger partial charge >= 0.3 is 0 Å². The Bertz CT molecular complexity index is 132. The van der Waals surface area contributed by atoms with Crippen molar-refractivity contribution < 1.29 is 4.79 Å². The fourth-order valence-electron chi connectivity index (χ4n) is 1.20. The Morgan fingerprint density at radius 2 is 1.77 bits per heavy atom. The monoisotopic (exact) mass is 183 g/mol. The van der Waals surface area contributed by atoms with Gasteiger partial charge in [0.25, 0.3) is 0 Å². The smallest absolute Gasteiger partial charge is 0.144 e. The highest BCUT2D eigenvalue weighted by atomic mass is 16.1. The van der Waals surface area contributed by atoms with Crippen molar-refractivity contribution in [2.75, 3.05) is 6.54 Å². The van der Waals surface area contributed by atoms with E-state index in [4.69, 9.17) is 0 Å². The Morgan fingerprint density at radius 1 is 1.08 bits per heavy atom. The highest BCUT2D eigenvalue weighted by Crippen LogP contribution is 2.03. The topological polar surface area (TPSA) is 29.1 Å². The lowest BCUT2D eigenvalue weighted by Crippen LogP contribution is -2.06. The number of aldehydes is 1. The molecule has 2 heteroatoms. The second kappa shape index (κ2) is 11.2. The van der Waals surface area contributed by atoms with Gasteiger partial charge in [-0.05, 0) is 18.7 Å². The van der Waals surface area contributed by atoms with E-state index in [1.807, 2.05) is 0 Å². The van der Waals surface area contributed by atoms with Crippen molar-refractivity contribution in [3.8, 4) is 0 Å². The summed E-state index contributed by atoms with van der Waals surface area (Å²) in [6.07, 6.45) is 11.8. The minimum absolute atomic E-state index is 0.786. The van der Waals surface area contributed by atoms with Gasteiger partial charge in [0.15, 0.2) is 0 Å². The summed E-state index contributed by atoms with van der Waals surface area (Å²) in [6, 6.07) is 0. The van der Waals surface area contributed by atoms with Crippen LogP contribution in [0, 0.1) is 0 Å².